The van der Waals surface area contributed by atoms with Gasteiger partial charge in [0.05, 0.1) is 0 Å². The standard InChI is InChI=1S/C15H18BrNS/c1-3-17-15(13-9-18-10-14(13)16)11(2)12-7-5-4-6-8-12/h4-11,15,17H,3H2,1-2H3. The van der Waals surface area contributed by atoms with Crippen molar-refractivity contribution >= 4 is 27.3 Å². The Morgan fingerprint density at radius 2 is 1.94 bits per heavy atom. The molecule has 0 aliphatic heterocycles. The van der Waals surface area contributed by atoms with Gasteiger partial charge in [-0.15, -0.1) is 0 Å². The number of thiophene rings is 1. The molecule has 96 valence electrons. The number of rotatable bonds is 5. The summed E-state index contributed by atoms with van der Waals surface area (Å²) >= 11 is 5.39. The van der Waals surface area contributed by atoms with Crippen LogP contribution in [0.25, 0.3) is 0 Å². The highest BCUT2D eigenvalue weighted by Gasteiger charge is 2.22. The molecular formula is C15H18BrNS. The molecule has 3 heteroatoms. The quantitative estimate of drug-likeness (QED) is 0.819. The van der Waals surface area contributed by atoms with E-state index in [0.717, 1.165) is 6.54 Å². The molecule has 0 aliphatic rings. The lowest BCUT2D eigenvalue weighted by Crippen LogP contribution is -2.25. The van der Waals surface area contributed by atoms with E-state index < -0.39 is 0 Å². The van der Waals surface area contributed by atoms with Gasteiger partial charge in [-0.05, 0) is 39.0 Å². The largest absolute Gasteiger partial charge is 0.310 e. The van der Waals surface area contributed by atoms with E-state index in [4.69, 9.17) is 0 Å². The Kier molecular flexibility index (Phi) is 4.98. The van der Waals surface area contributed by atoms with Crippen molar-refractivity contribution < 1.29 is 0 Å². The summed E-state index contributed by atoms with van der Waals surface area (Å²) in [6, 6.07) is 11.1. The van der Waals surface area contributed by atoms with Gasteiger partial charge < -0.3 is 5.32 Å². The van der Waals surface area contributed by atoms with Crippen molar-refractivity contribution in [3.63, 3.8) is 0 Å². The molecule has 1 nitrogen and oxygen atoms in total. The van der Waals surface area contributed by atoms with Crippen LogP contribution in [0.4, 0.5) is 0 Å². The molecule has 0 saturated heterocycles. The second-order valence-electron chi connectivity index (χ2n) is 4.41. The number of benzene rings is 1. The summed E-state index contributed by atoms with van der Waals surface area (Å²) in [6.07, 6.45) is 0. The Morgan fingerprint density at radius 3 is 2.50 bits per heavy atom. The van der Waals surface area contributed by atoms with Crippen molar-refractivity contribution in [3.05, 3.63) is 56.7 Å². The number of halogens is 1. The number of nitrogens with one attached hydrogen (secondary N) is 1. The second kappa shape index (κ2) is 6.50. The van der Waals surface area contributed by atoms with Crippen LogP contribution in [0.1, 0.15) is 36.9 Å². The number of hydrogen-bond donors (Lipinski definition) is 1. The summed E-state index contributed by atoms with van der Waals surface area (Å²) in [6.45, 7) is 5.42. The van der Waals surface area contributed by atoms with Crippen LogP contribution in [0.5, 0.6) is 0 Å². The Hall–Kier alpha value is -0.640. The van der Waals surface area contributed by atoms with Crippen LogP contribution in [0.3, 0.4) is 0 Å². The van der Waals surface area contributed by atoms with Gasteiger partial charge in [0.25, 0.3) is 0 Å². The first-order chi connectivity index (χ1) is 8.74. The summed E-state index contributed by atoms with van der Waals surface area (Å²) in [5, 5.41) is 7.98. The van der Waals surface area contributed by atoms with Gasteiger partial charge in [0.2, 0.25) is 0 Å². The van der Waals surface area contributed by atoms with Crippen LogP contribution in [0.2, 0.25) is 0 Å². The maximum Gasteiger partial charge on any atom is 0.0406 e. The van der Waals surface area contributed by atoms with Crippen molar-refractivity contribution in [1.29, 1.82) is 0 Å². The maximum absolute atomic E-state index is 3.65. The molecule has 0 amide bonds. The van der Waals surface area contributed by atoms with Gasteiger partial charge in [0.1, 0.15) is 0 Å². The van der Waals surface area contributed by atoms with Crippen LogP contribution in [0, 0.1) is 0 Å². The molecule has 0 aliphatic carbocycles. The smallest absolute Gasteiger partial charge is 0.0406 e. The highest BCUT2D eigenvalue weighted by atomic mass is 79.9. The Morgan fingerprint density at radius 1 is 1.22 bits per heavy atom. The highest BCUT2D eigenvalue weighted by Crippen LogP contribution is 2.36. The average Bonchev–Trinajstić information content (AvgIpc) is 2.82. The zero-order chi connectivity index (χ0) is 13.0. The molecule has 2 atom stereocenters. The fraction of sp³-hybridized carbons (Fsp3) is 0.333. The third-order valence-corrected chi connectivity index (χ3v) is 4.98. The molecule has 1 aromatic carbocycles. The first kappa shape index (κ1) is 13.8. The van der Waals surface area contributed by atoms with E-state index in [9.17, 15) is 0 Å². The lowest BCUT2D eigenvalue weighted by atomic mass is 9.90. The van der Waals surface area contributed by atoms with E-state index in [0.29, 0.717) is 12.0 Å². The molecule has 0 fully saturated rings. The van der Waals surface area contributed by atoms with Crippen LogP contribution in [-0.2, 0) is 0 Å². The van der Waals surface area contributed by atoms with Crippen molar-refractivity contribution in [2.24, 2.45) is 0 Å². The maximum atomic E-state index is 3.65. The van der Waals surface area contributed by atoms with Crippen molar-refractivity contribution in [2.45, 2.75) is 25.8 Å². The van der Waals surface area contributed by atoms with Crippen molar-refractivity contribution in [2.75, 3.05) is 6.54 Å². The van der Waals surface area contributed by atoms with Crippen LogP contribution in [-0.4, -0.2) is 6.54 Å². The first-order valence-corrected chi connectivity index (χ1v) is 7.97. The van der Waals surface area contributed by atoms with E-state index in [2.05, 4.69) is 76.2 Å². The molecule has 18 heavy (non-hydrogen) atoms. The van der Waals surface area contributed by atoms with E-state index in [1.54, 1.807) is 11.3 Å². The molecule has 2 aromatic rings. The van der Waals surface area contributed by atoms with Gasteiger partial charge in [-0.25, -0.2) is 0 Å². The molecular weight excluding hydrogens is 306 g/mol. The molecule has 0 spiro atoms. The third kappa shape index (κ3) is 3.02. The molecule has 1 aromatic heterocycles. The van der Waals surface area contributed by atoms with Gasteiger partial charge in [-0.3, -0.25) is 0 Å². The normalized spacial score (nSPS) is 14.4. The summed E-state index contributed by atoms with van der Waals surface area (Å²) in [5.74, 6) is 0.456. The first-order valence-electron chi connectivity index (χ1n) is 6.24. The summed E-state index contributed by atoms with van der Waals surface area (Å²) < 4.78 is 1.21. The molecule has 2 rings (SSSR count). The minimum Gasteiger partial charge on any atom is -0.310 e. The van der Waals surface area contributed by atoms with Gasteiger partial charge in [-0.1, -0.05) is 44.2 Å². The van der Waals surface area contributed by atoms with Gasteiger partial charge >= 0.3 is 0 Å². The Labute approximate surface area is 121 Å². The monoisotopic (exact) mass is 323 g/mol. The fourth-order valence-electron chi connectivity index (χ4n) is 2.24. The highest BCUT2D eigenvalue weighted by molar-refractivity contribution is 9.10. The number of hydrogen-bond acceptors (Lipinski definition) is 2. The SMILES string of the molecule is CCNC(c1cscc1Br)C(C)c1ccccc1. The predicted octanol–water partition coefficient (Wildman–Crippen LogP) is 4.96. The van der Waals surface area contributed by atoms with Gasteiger partial charge in [0, 0.05) is 21.8 Å². The minimum absolute atomic E-state index is 0.359. The zero-order valence-electron chi connectivity index (χ0n) is 10.7. The lowest BCUT2D eigenvalue weighted by Gasteiger charge is -2.25. The van der Waals surface area contributed by atoms with Gasteiger partial charge in [0.15, 0.2) is 0 Å². The topological polar surface area (TPSA) is 12.0 Å². The zero-order valence-corrected chi connectivity index (χ0v) is 13.1. The van der Waals surface area contributed by atoms with Crippen molar-refractivity contribution in [3.8, 4) is 0 Å². The number of likely N-dealkylation sites (N-methyl/N-ethyl adjacent to an activating group) is 1. The third-order valence-electron chi connectivity index (χ3n) is 3.23. The molecule has 0 bridgehead atoms. The van der Waals surface area contributed by atoms with E-state index >= 15 is 0 Å². The minimum atomic E-state index is 0.359. The lowest BCUT2D eigenvalue weighted by molar-refractivity contribution is 0.479. The second-order valence-corrected chi connectivity index (χ2v) is 6.01. The van der Waals surface area contributed by atoms with E-state index in [-0.39, 0.29) is 0 Å². The van der Waals surface area contributed by atoms with Crippen LogP contribution >= 0.6 is 27.3 Å². The molecule has 0 saturated carbocycles. The molecule has 2 unspecified atom stereocenters. The van der Waals surface area contributed by atoms with E-state index in [1.807, 2.05) is 0 Å². The average molecular weight is 324 g/mol. The summed E-state index contributed by atoms with van der Waals surface area (Å²) in [5.41, 5.74) is 2.74. The molecule has 1 N–H and O–H groups in total. The van der Waals surface area contributed by atoms with Crippen LogP contribution in [0.15, 0.2) is 45.6 Å². The van der Waals surface area contributed by atoms with Crippen molar-refractivity contribution in [1.82, 2.24) is 5.32 Å². The predicted molar refractivity (Wildman–Crippen MR) is 83.3 cm³/mol. The Balaban J connectivity index is 2.28. The van der Waals surface area contributed by atoms with E-state index in [1.165, 1.54) is 15.6 Å². The summed E-state index contributed by atoms with van der Waals surface area (Å²) in [4.78, 5) is 0. The molecule has 1 heterocycles. The Bertz CT molecular complexity index is 480. The molecule has 0 radical (unpaired) electrons. The summed E-state index contributed by atoms with van der Waals surface area (Å²) in [7, 11) is 0. The fourth-order valence-corrected chi connectivity index (χ4v) is 3.82. The van der Waals surface area contributed by atoms with Crippen LogP contribution < -0.4 is 5.32 Å². The van der Waals surface area contributed by atoms with Gasteiger partial charge in [-0.2, -0.15) is 11.3 Å².